The number of nitrogens with one attached hydrogen (secondary N) is 1. The molecule has 0 radical (unpaired) electrons. The summed E-state index contributed by atoms with van der Waals surface area (Å²) in [6.45, 7) is 1.87. The third-order valence-electron chi connectivity index (χ3n) is 1.46. The van der Waals surface area contributed by atoms with E-state index in [1.807, 2.05) is 0 Å². The highest BCUT2D eigenvalue weighted by Gasteiger charge is 2.18. The molecule has 70 valence electrons. The number of carbonyl (C=O) groups is 2. The zero-order valence-electron chi connectivity index (χ0n) is 7.03. The number of H-pyrrole nitrogens is 1. The molecule has 1 heterocycles. The summed E-state index contributed by atoms with van der Waals surface area (Å²) in [6.07, 6.45) is 1.38. The van der Waals surface area contributed by atoms with Crippen LogP contribution in [0.15, 0.2) is 12.3 Å². The maximum absolute atomic E-state index is 11.1. The van der Waals surface area contributed by atoms with Crippen molar-refractivity contribution in [3.63, 3.8) is 0 Å². The van der Waals surface area contributed by atoms with Crippen molar-refractivity contribution in [3.05, 3.63) is 23.5 Å². The van der Waals surface area contributed by atoms with Crippen molar-refractivity contribution in [1.82, 2.24) is 4.98 Å². The Labute approximate surface area is 74.3 Å². The minimum Gasteiger partial charge on any atom is -0.478 e. The number of hydrogen-bond acceptors (Lipinski definition) is 3. The highest BCUT2D eigenvalue weighted by molar-refractivity contribution is 6.01. The largest absolute Gasteiger partial charge is 0.478 e. The number of aromatic carboxylic acids is 1. The van der Waals surface area contributed by atoms with Gasteiger partial charge in [0.2, 0.25) is 0 Å². The van der Waals surface area contributed by atoms with Gasteiger partial charge in [-0.15, -0.1) is 0 Å². The van der Waals surface area contributed by atoms with E-state index in [0.29, 0.717) is 0 Å². The monoisotopic (exact) mass is 183 g/mol. The summed E-state index contributed by atoms with van der Waals surface area (Å²) in [5.74, 6) is -1.80. The van der Waals surface area contributed by atoms with Crippen molar-refractivity contribution in [1.29, 1.82) is 0 Å². The molecule has 0 aliphatic rings. The minimum atomic E-state index is -1.15. The molecule has 1 rings (SSSR count). The molecule has 5 heteroatoms. The van der Waals surface area contributed by atoms with Crippen LogP contribution < -0.4 is 0 Å². The van der Waals surface area contributed by atoms with E-state index < -0.39 is 11.9 Å². The Bertz CT molecular complexity index is 329. The van der Waals surface area contributed by atoms with Crippen molar-refractivity contribution in [2.24, 2.45) is 0 Å². The summed E-state index contributed by atoms with van der Waals surface area (Å²) < 4.78 is 4.64. The van der Waals surface area contributed by atoms with Crippen LogP contribution in [-0.2, 0) is 4.74 Å². The Morgan fingerprint density at radius 3 is 2.85 bits per heavy atom. The van der Waals surface area contributed by atoms with Gasteiger partial charge in [0.15, 0.2) is 0 Å². The zero-order chi connectivity index (χ0) is 9.84. The number of aromatic amines is 1. The summed E-state index contributed by atoms with van der Waals surface area (Å²) in [4.78, 5) is 24.2. The van der Waals surface area contributed by atoms with Crippen molar-refractivity contribution in [3.8, 4) is 0 Å². The number of rotatable bonds is 3. The lowest BCUT2D eigenvalue weighted by atomic mass is 10.2. The molecular weight excluding hydrogens is 174 g/mol. The Balaban J connectivity index is 2.93. The molecule has 0 unspecified atom stereocenters. The van der Waals surface area contributed by atoms with E-state index in [1.165, 1.54) is 12.3 Å². The molecule has 5 nitrogen and oxygen atoms in total. The van der Waals surface area contributed by atoms with Gasteiger partial charge in [0.05, 0.1) is 12.2 Å². The van der Waals surface area contributed by atoms with Crippen LogP contribution in [0.4, 0.5) is 0 Å². The number of carboxylic acid groups (broad SMARTS) is 1. The Morgan fingerprint density at radius 2 is 2.31 bits per heavy atom. The van der Waals surface area contributed by atoms with Gasteiger partial charge in [0.25, 0.3) is 0 Å². The highest BCUT2D eigenvalue weighted by Crippen LogP contribution is 2.07. The lowest BCUT2D eigenvalue weighted by molar-refractivity contribution is 0.0509. The van der Waals surface area contributed by atoms with Crippen LogP contribution in [0.25, 0.3) is 0 Å². The minimum absolute atomic E-state index is 0.0191. The highest BCUT2D eigenvalue weighted by atomic mass is 16.5. The number of ether oxygens (including phenoxy) is 1. The maximum Gasteiger partial charge on any atom is 0.355 e. The number of carboxylic acids is 1. The molecule has 0 atom stereocenters. The molecule has 0 spiro atoms. The van der Waals surface area contributed by atoms with E-state index in [4.69, 9.17) is 5.11 Å². The normalized spacial score (nSPS) is 9.62. The number of hydrogen-bond donors (Lipinski definition) is 2. The Morgan fingerprint density at radius 1 is 1.62 bits per heavy atom. The first-order valence-electron chi connectivity index (χ1n) is 3.74. The van der Waals surface area contributed by atoms with Crippen LogP contribution >= 0.6 is 0 Å². The van der Waals surface area contributed by atoms with Gasteiger partial charge in [-0.2, -0.15) is 0 Å². The standard InChI is InChI=1S/C8H9NO4/c1-2-13-8(12)6-5(7(10)11)3-4-9-6/h3-4,9H,2H2,1H3,(H,10,11). The zero-order valence-corrected chi connectivity index (χ0v) is 7.03. The molecule has 0 aromatic carbocycles. The van der Waals surface area contributed by atoms with E-state index in [2.05, 4.69) is 9.72 Å². The number of carbonyl (C=O) groups excluding carboxylic acids is 1. The summed E-state index contributed by atoms with van der Waals surface area (Å²) in [6, 6.07) is 1.31. The number of esters is 1. The van der Waals surface area contributed by atoms with Crippen molar-refractivity contribution in [2.45, 2.75) is 6.92 Å². The van der Waals surface area contributed by atoms with Gasteiger partial charge in [-0.3, -0.25) is 0 Å². The molecule has 1 aromatic rings. The maximum atomic E-state index is 11.1. The van der Waals surface area contributed by atoms with Gasteiger partial charge in [0.1, 0.15) is 5.69 Å². The molecule has 0 aliphatic carbocycles. The summed E-state index contributed by atoms with van der Waals surface area (Å²) in [5, 5.41) is 8.64. The smallest absolute Gasteiger partial charge is 0.355 e. The second-order valence-corrected chi connectivity index (χ2v) is 2.29. The predicted octanol–water partition coefficient (Wildman–Crippen LogP) is 0.890. The molecule has 1 aromatic heterocycles. The summed E-state index contributed by atoms with van der Waals surface area (Å²) in [5.41, 5.74) is -0.0900. The topological polar surface area (TPSA) is 79.4 Å². The van der Waals surface area contributed by atoms with E-state index in [9.17, 15) is 9.59 Å². The third-order valence-corrected chi connectivity index (χ3v) is 1.46. The fraction of sp³-hybridized carbons (Fsp3) is 0.250. The van der Waals surface area contributed by atoms with Crippen LogP contribution in [0.2, 0.25) is 0 Å². The van der Waals surface area contributed by atoms with Crippen molar-refractivity contribution in [2.75, 3.05) is 6.61 Å². The fourth-order valence-electron chi connectivity index (χ4n) is 0.920. The lowest BCUT2D eigenvalue weighted by Crippen LogP contribution is -2.10. The third kappa shape index (κ3) is 1.87. The molecule has 13 heavy (non-hydrogen) atoms. The van der Waals surface area contributed by atoms with E-state index >= 15 is 0 Å². The molecule has 0 aliphatic heterocycles. The Hall–Kier alpha value is -1.78. The molecule has 0 amide bonds. The van der Waals surface area contributed by atoms with Gasteiger partial charge < -0.3 is 14.8 Å². The first kappa shape index (κ1) is 9.31. The molecule has 0 bridgehead atoms. The van der Waals surface area contributed by atoms with Gasteiger partial charge in [-0.25, -0.2) is 9.59 Å². The lowest BCUT2D eigenvalue weighted by Gasteiger charge is -1.99. The van der Waals surface area contributed by atoms with Crippen LogP contribution in [0, 0.1) is 0 Å². The second-order valence-electron chi connectivity index (χ2n) is 2.29. The van der Waals surface area contributed by atoms with Gasteiger partial charge in [-0.1, -0.05) is 0 Å². The molecule has 0 saturated heterocycles. The van der Waals surface area contributed by atoms with Crippen molar-refractivity contribution >= 4 is 11.9 Å². The molecular formula is C8H9NO4. The predicted molar refractivity (Wildman–Crippen MR) is 43.7 cm³/mol. The molecule has 2 N–H and O–H groups in total. The molecule has 0 fully saturated rings. The molecule has 0 saturated carbocycles. The van der Waals surface area contributed by atoms with Crippen LogP contribution in [-0.4, -0.2) is 28.6 Å². The van der Waals surface area contributed by atoms with Gasteiger partial charge in [0, 0.05) is 6.20 Å². The van der Waals surface area contributed by atoms with Crippen molar-refractivity contribution < 1.29 is 19.4 Å². The van der Waals surface area contributed by atoms with E-state index in [1.54, 1.807) is 6.92 Å². The second kappa shape index (κ2) is 3.75. The Kier molecular flexibility index (Phi) is 2.69. The van der Waals surface area contributed by atoms with Gasteiger partial charge >= 0.3 is 11.9 Å². The van der Waals surface area contributed by atoms with Gasteiger partial charge in [-0.05, 0) is 13.0 Å². The first-order chi connectivity index (χ1) is 6.16. The van der Waals surface area contributed by atoms with E-state index in [-0.39, 0.29) is 17.9 Å². The van der Waals surface area contributed by atoms with Crippen LogP contribution in [0.1, 0.15) is 27.8 Å². The van der Waals surface area contributed by atoms with Crippen LogP contribution in [0.3, 0.4) is 0 Å². The summed E-state index contributed by atoms with van der Waals surface area (Å²) >= 11 is 0. The average molecular weight is 183 g/mol. The van der Waals surface area contributed by atoms with Crippen LogP contribution in [0.5, 0.6) is 0 Å². The van der Waals surface area contributed by atoms with E-state index in [0.717, 1.165) is 0 Å². The quantitative estimate of drug-likeness (QED) is 0.682. The number of aromatic nitrogens is 1. The fourth-order valence-corrected chi connectivity index (χ4v) is 0.920. The average Bonchev–Trinajstić information content (AvgIpc) is 2.52. The SMILES string of the molecule is CCOC(=O)c1[nH]ccc1C(=O)O. The first-order valence-corrected chi connectivity index (χ1v) is 3.74. The summed E-state index contributed by atoms with van der Waals surface area (Å²) in [7, 11) is 0.